The molecule has 132 valence electrons. The molecule has 0 heterocycles. The van der Waals surface area contributed by atoms with Gasteiger partial charge in [0.05, 0.1) is 31.3 Å². The fraction of sp³-hybridized carbons (Fsp3) is 0.538. The van der Waals surface area contributed by atoms with Gasteiger partial charge in [0.1, 0.15) is 0 Å². The van der Waals surface area contributed by atoms with Crippen LogP contribution in [0.1, 0.15) is 0 Å². The minimum absolute atomic E-state index is 0.0215. The summed E-state index contributed by atoms with van der Waals surface area (Å²) in [5.41, 5.74) is 0.432. The Morgan fingerprint density at radius 3 is 2.26 bits per heavy atom. The van der Waals surface area contributed by atoms with Crippen molar-refractivity contribution in [2.75, 3.05) is 49.7 Å². The van der Waals surface area contributed by atoms with Gasteiger partial charge in [-0.3, -0.25) is 4.72 Å². The van der Waals surface area contributed by atoms with E-state index in [9.17, 15) is 16.8 Å². The highest BCUT2D eigenvalue weighted by Crippen LogP contribution is 2.07. The fourth-order valence-electron chi connectivity index (χ4n) is 1.55. The minimum Gasteiger partial charge on any atom is -0.382 e. The lowest BCUT2D eigenvalue weighted by atomic mass is 10.3. The first-order chi connectivity index (χ1) is 10.8. The highest BCUT2D eigenvalue weighted by Gasteiger charge is 2.14. The second-order valence-electron chi connectivity index (χ2n) is 4.61. The molecule has 0 aromatic heterocycles. The Morgan fingerprint density at radius 2 is 1.61 bits per heavy atom. The summed E-state index contributed by atoms with van der Waals surface area (Å²) in [5.74, 6) is -0.589. The first-order valence-corrected chi connectivity index (χ1v) is 10.2. The maximum atomic E-state index is 11.8. The molecule has 0 bridgehead atoms. The van der Waals surface area contributed by atoms with E-state index in [2.05, 4.69) is 9.44 Å². The van der Waals surface area contributed by atoms with E-state index in [1.54, 1.807) is 30.3 Å². The number of para-hydroxylation sites is 1. The Balaban J connectivity index is 2.31. The number of benzene rings is 1. The monoisotopic (exact) mass is 366 g/mol. The van der Waals surface area contributed by atoms with Crippen LogP contribution in [0.25, 0.3) is 0 Å². The van der Waals surface area contributed by atoms with Crippen molar-refractivity contribution in [2.45, 2.75) is 0 Å². The Labute approximate surface area is 137 Å². The van der Waals surface area contributed by atoms with Gasteiger partial charge in [0.25, 0.3) is 0 Å². The third-order valence-electron chi connectivity index (χ3n) is 2.67. The smallest absolute Gasteiger partial charge is 0.234 e. The normalized spacial score (nSPS) is 12.2. The van der Waals surface area contributed by atoms with Crippen molar-refractivity contribution in [1.82, 2.24) is 4.72 Å². The number of methoxy groups -OCH3 is 1. The van der Waals surface area contributed by atoms with Crippen molar-refractivity contribution in [3.8, 4) is 0 Å². The van der Waals surface area contributed by atoms with E-state index in [1.807, 2.05) is 0 Å². The number of anilines is 1. The maximum absolute atomic E-state index is 11.8. The van der Waals surface area contributed by atoms with E-state index in [-0.39, 0.29) is 24.7 Å². The molecular weight excluding hydrogens is 344 g/mol. The van der Waals surface area contributed by atoms with Crippen molar-refractivity contribution in [3.63, 3.8) is 0 Å². The van der Waals surface area contributed by atoms with E-state index >= 15 is 0 Å². The molecule has 8 nitrogen and oxygen atoms in total. The van der Waals surface area contributed by atoms with Gasteiger partial charge < -0.3 is 9.47 Å². The lowest BCUT2D eigenvalue weighted by Gasteiger charge is -2.09. The van der Waals surface area contributed by atoms with Crippen LogP contribution in [0.15, 0.2) is 30.3 Å². The summed E-state index contributed by atoms with van der Waals surface area (Å²) in [6.07, 6.45) is 0. The standard InChI is InChI=1S/C13H22N2O6S2/c1-20-8-9-21-10-12-22(16,17)14-7-11-23(18,19)15-13-5-3-2-4-6-13/h2-6,14-15H,7-12H2,1H3. The molecule has 0 radical (unpaired) electrons. The molecule has 0 amide bonds. The third-order valence-corrected chi connectivity index (χ3v) is 5.30. The largest absolute Gasteiger partial charge is 0.382 e. The third kappa shape index (κ3) is 9.51. The molecule has 1 aromatic rings. The number of sulfonamides is 2. The molecule has 0 saturated carbocycles. The molecule has 10 heteroatoms. The molecule has 0 spiro atoms. The van der Waals surface area contributed by atoms with Gasteiger partial charge in [0, 0.05) is 19.3 Å². The fourth-order valence-corrected chi connectivity index (χ4v) is 3.55. The summed E-state index contributed by atoms with van der Waals surface area (Å²) in [6.45, 7) is 0.508. The highest BCUT2D eigenvalue weighted by molar-refractivity contribution is 7.92. The van der Waals surface area contributed by atoms with Crippen molar-refractivity contribution in [1.29, 1.82) is 0 Å². The predicted octanol–water partition coefficient (Wildman–Crippen LogP) is 0.0107. The molecule has 0 saturated heterocycles. The number of ether oxygens (including phenoxy) is 2. The predicted molar refractivity (Wildman–Crippen MR) is 88.3 cm³/mol. The molecule has 0 aliphatic rings. The Kier molecular flexibility index (Phi) is 8.48. The van der Waals surface area contributed by atoms with Crippen LogP contribution in [0.4, 0.5) is 5.69 Å². The second-order valence-corrected chi connectivity index (χ2v) is 8.37. The quantitative estimate of drug-likeness (QED) is 0.504. The van der Waals surface area contributed by atoms with E-state index in [1.165, 1.54) is 7.11 Å². The number of hydrogen-bond acceptors (Lipinski definition) is 6. The highest BCUT2D eigenvalue weighted by atomic mass is 32.2. The van der Waals surface area contributed by atoms with Crippen molar-refractivity contribution < 1.29 is 26.3 Å². The van der Waals surface area contributed by atoms with Gasteiger partial charge in [-0.1, -0.05) is 18.2 Å². The van der Waals surface area contributed by atoms with E-state index in [4.69, 9.17) is 9.47 Å². The molecule has 1 rings (SSSR count). The molecule has 0 unspecified atom stereocenters. The Bertz CT molecular complexity index is 646. The van der Waals surface area contributed by atoms with Crippen molar-refractivity contribution in [2.24, 2.45) is 0 Å². The van der Waals surface area contributed by atoms with E-state index in [0.717, 1.165) is 0 Å². The molecule has 2 N–H and O–H groups in total. The average molecular weight is 366 g/mol. The second kappa shape index (κ2) is 9.83. The first kappa shape index (κ1) is 19.8. The van der Waals surface area contributed by atoms with Gasteiger partial charge in [0.15, 0.2) is 0 Å². The lowest BCUT2D eigenvalue weighted by Crippen LogP contribution is -2.33. The maximum Gasteiger partial charge on any atom is 0.234 e. The van der Waals surface area contributed by atoms with Crippen LogP contribution in [-0.4, -0.2) is 61.8 Å². The summed E-state index contributed by atoms with van der Waals surface area (Å²) in [5, 5.41) is 0. The van der Waals surface area contributed by atoms with Gasteiger partial charge >= 0.3 is 0 Å². The molecule has 0 aliphatic carbocycles. The molecule has 1 aromatic carbocycles. The Morgan fingerprint density at radius 1 is 0.913 bits per heavy atom. The molecule has 23 heavy (non-hydrogen) atoms. The number of rotatable bonds is 12. The van der Waals surface area contributed by atoms with Crippen molar-refractivity contribution in [3.05, 3.63) is 30.3 Å². The molecule has 0 aliphatic heterocycles. The molecule has 0 atom stereocenters. The summed E-state index contributed by atoms with van der Waals surface area (Å²) in [4.78, 5) is 0. The van der Waals surface area contributed by atoms with Crippen LogP contribution in [0.5, 0.6) is 0 Å². The average Bonchev–Trinajstić information content (AvgIpc) is 2.47. The van der Waals surface area contributed by atoms with Crippen LogP contribution in [0, 0.1) is 0 Å². The SMILES string of the molecule is COCCOCCS(=O)(=O)NCCS(=O)(=O)Nc1ccccc1. The molecular formula is C13H22N2O6S2. The first-order valence-electron chi connectivity index (χ1n) is 6.94. The number of nitrogens with one attached hydrogen (secondary N) is 2. The zero-order valence-electron chi connectivity index (χ0n) is 12.9. The van der Waals surface area contributed by atoms with Crippen LogP contribution in [0.3, 0.4) is 0 Å². The van der Waals surface area contributed by atoms with Crippen LogP contribution < -0.4 is 9.44 Å². The topological polar surface area (TPSA) is 111 Å². The van der Waals surface area contributed by atoms with E-state index in [0.29, 0.717) is 18.9 Å². The zero-order valence-corrected chi connectivity index (χ0v) is 14.5. The summed E-state index contributed by atoms with van der Waals surface area (Å²) in [6, 6.07) is 8.38. The summed E-state index contributed by atoms with van der Waals surface area (Å²) >= 11 is 0. The number of hydrogen-bond donors (Lipinski definition) is 2. The van der Waals surface area contributed by atoms with Crippen LogP contribution in [-0.2, 0) is 29.5 Å². The van der Waals surface area contributed by atoms with Gasteiger partial charge in [-0.25, -0.2) is 21.6 Å². The van der Waals surface area contributed by atoms with E-state index < -0.39 is 20.0 Å². The lowest BCUT2D eigenvalue weighted by molar-refractivity contribution is 0.0784. The van der Waals surface area contributed by atoms with Gasteiger partial charge in [0.2, 0.25) is 20.0 Å². The van der Waals surface area contributed by atoms with Crippen molar-refractivity contribution >= 4 is 25.7 Å². The van der Waals surface area contributed by atoms with Gasteiger partial charge in [-0.15, -0.1) is 0 Å². The van der Waals surface area contributed by atoms with Gasteiger partial charge in [-0.05, 0) is 12.1 Å². The van der Waals surface area contributed by atoms with Crippen LogP contribution >= 0.6 is 0 Å². The minimum atomic E-state index is -3.61. The zero-order chi connectivity index (χ0) is 17.2. The molecule has 0 fully saturated rings. The summed E-state index contributed by atoms with van der Waals surface area (Å²) in [7, 11) is -5.67. The Hall–Kier alpha value is -1.20. The summed E-state index contributed by atoms with van der Waals surface area (Å²) < 4.78 is 61.4. The van der Waals surface area contributed by atoms with Crippen LogP contribution in [0.2, 0.25) is 0 Å². The van der Waals surface area contributed by atoms with Gasteiger partial charge in [-0.2, -0.15) is 0 Å².